The summed E-state index contributed by atoms with van der Waals surface area (Å²) < 4.78 is 7.33. The van der Waals surface area contributed by atoms with Gasteiger partial charge in [0, 0.05) is 18.1 Å². The Balaban J connectivity index is 1.49. The number of nitrogens with two attached hydrogens (primary N) is 1. The molecule has 0 fully saturated rings. The Morgan fingerprint density at radius 2 is 1.90 bits per heavy atom. The molecule has 0 aliphatic heterocycles. The van der Waals surface area contributed by atoms with E-state index in [1.807, 2.05) is 66.9 Å². The maximum atomic E-state index is 12.5. The summed E-state index contributed by atoms with van der Waals surface area (Å²) in [5, 5.41) is 4.20. The van der Waals surface area contributed by atoms with Crippen molar-refractivity contribution in [3.8, 4) is 11.4 Å². The molecule has 0 spiro atoms. The van der Waals surface area contributed by atoms with Crippen molar-refractivity contribution >= 4 is 11.0 Å². The van der Waals surface area contributed by atoms with E-state index in [-0.39, 0.29) is 5.69 Å². The molecule has 7 nitrogen and oxygen atoms in total. The lowest BCUT2D eigenvalue weighted by molar-refractivity contribution is 0.302. The number of para-hydroxylation sites is 1. The number of benzene rings is 2. The second-order valence-electron chi connectivity index (χ2n) is 7.08. The molecule has 0 saturated heterocycles. The maximum Gasteiger partial charge on any atom is 0.354 e. The number of aromatic amines is 1. The van der Waals surface area contributed by atoms with Crippen LogP contribution in [0, 0.1) is 0 Å². The first-order chi connectivity index (χ1) is 14.7. The molecule has 4 aromatic rings. The highest BCUT2D eigenvalue weighted by Gasteiger charge is 2.08. The zero-order chi connectivity index (χ0) is 20.8. The molecule has 0 amide bonds. The second-order valence-corrected chi connectivity index (χ2v) is 7.08. The lowest BCUT2D eigenvalue weighted by Gasteiger charge is -2.07. The van der Waals surface area contributed by atoms with Crippen molar-refractivity contribution in [1.82, 2.24) is 19.9 Å². The highest BCUT2D eigenvalue weighted by Crippen LogP contribution is 2.16. The van der Waals surface area contributed by atoms with E-state index >= 15 is 0 Å². The number of nitrogens with zero attached hydrogens (tertiary/aromatic N) is 2. The van der Waals surface area contributed by atoms with E-state index in [1.165, 1.54) is 0 Å². The van der Waals surface area contributed by atoms with Crippen LogP contribution in [0.2, 0.25) is 0 Å². The van der Waals surface area contributed by atoms with Crippen LogP contribution in [0.1, 0.15) is 17.7 Å². The van der Waals surface area contributed by atoms with Crippen LogP contribution >= 0.6 is 0 Å². The number of fused-ring (bicyclic) bond motifs is 1. The number of rotatable bonds is 9. The van der Waals surface area contributed by atoms with Gasteiger partial charge in [-0.15, -0.1) is 0 Å². The van der Waals surface area contributed by atoms with Gasteiger partial charge in [-0.25, -0.2) is 4.79 Å². The van der Waals surface area contributed by atoms with E-state index in [4.69, 9.17) is 10.5 Å². The summed E-state index contributed by atoms with van der Waals surface area (Å²) in [5.41, 5.74) is 8.53. The minimum atomic E-state index is -0.325. The molecular formula is C23H25N5O2. The second kappa shape index (κ2) is 9.39. The first kappa shape index (κ1) is 19.9. The van der Waals surface area contributed by atoms with E-state index in [2.05, 4.69) is 15.3 Å². The molecule has 154 valence electrons. The van der Waals surface area contributed by atoms with Crippen molar-refractivity contribution in [2.75, 3.05) is 13.1 Å². The minimum Gasteiger partial charge on any atom is -0.487 e. The van der Waals surface area contributed by atoms with Gasteiger partial charge in [0.2, 0.25) is 0 Å². The van der Waals surface area contributed by atoms with Crippen LogP contribution in [0.25, 0.3) is 16.7 Å². The predicted octanol–water partition coefficient (Wildman–Crippen LogP) is 2.73. The van der Waals surface area contributed by atoms with E-state index in [9.17, 15) is 4.79 Å². The number of aromatic nitrogens is 3. The summed E-state index contributed by atoms with van der Waals surface area (Å²) in [7, 11) is 0. The Hall–Kier alpha value is -3.42. The zero-order valence-corrected chi connectivity index (χ0v) is 16.7. The number of hydrogen-bond acceptors (Lipinski definition) is 5. The Morgan fingerprint density at radius 1 is 1.10 bits per heavy atom. The van der Waals surface area contributed by atoms with Crippen molar-refractivity contribution in [1.29, 1.82) is 0 Å². The number of nitrogens with one attached hydrogen (secondary N) is 2. The normalized spacial score (nSPS) is 11.1. The van der Waals surface area contributed by atoms with Crippen molar-refractivity contribution in [3.63, 3.8) is 0 Å². The van der Waals surface area contributed by atoms with Crippen molar-refractivity contribution in [2.45, 2.75) is 19.6 Å². The first-order valence-electron chi connectivity index (χ1n) is 10.0. The van der Waals surface area contributed by atoms with Crippen molar-refractivity contribution in [3.05, 3.63) is 88.6 Å². The number of H-pyrrole nitrogens is 1. The molecule has 2 aromatic carbocycles. The molecule has 4 N–H and O–H groups in total. The van der Waals surface area contributed by atoms with Gasteiger partial charge in [0.1, 0.15) is 18.0 Å². The standard InChI is InChI=1S/C23H25N5O2/c24-11-4-12-25-14-17-7-9-20(10-8-17)28-15-18-13-19(26-22(18)27-23(28)29)16-30-21-5-2-1-3-6-21/h1-3,5-10,13,15,25H,4,11-12,14,16,24H2,(H,26,27,29). The van der Waals surface area contributed by atoms with Gasteiger partial charge in [-0.3, -0.25) is 4.57 Å². The molecule has 7 heteroatoms. The number of hydrogen-bond donors (Lipinski definition) is 3. The molecule has 0 unspecified atom stereocenters. The third kappa shape index (κ3) is 4.76. The molecule has 4 rings (SSSR count). The summed E-state index contributed by atoms with van der Waals surface area (Å²) in [5.74, 6) is 0.793. The van der Waals surface area contributed by atoms with E-state index in [1.54, 1.807) is 4.57 Å². The Morgan fingerprint density at radius 3 is 2.67 bits per heavy atom. The highest BCUT2D eigenvalue weighted by molar-refractivity contribution is 5.75. The lowest BCUT2D eigenvalue weighted by atomic mass is 10.2. The third-order valence-corrected chi connectivity index (χ3v) is 4.80. The fourth-order valence-electron chi connectivity index (χ4n) is 3.23. The zero-order valence-electron chi connectivity index (χ0n) is 16.7. The van der Waals surface area contributed by atoms with Crippen LogP contribution in [0.15, 0.2) is 71.7 Å². The van der Waals surface area contributed by atoms with E-state index in [0.29, 0.717) is 18.8 Å². The van der Waals surface area contributed by atoms with Gasteiger partial charge in [-0.2, -0.15) is 4.98 Å². The molecule has 2 heterocycles. The maximum absolute atomic E-state index is 12.5. The molecule has 30 heavy (non-hydrogen) atoms. The first-order valence-corrected chi connectivity index (χ1v) is 10.0. The lowest BCUT2D eigenvalue weighted by Crippen LogP contribution is -2.20. The summed E-state index contributed by atoms with van der Waals surface area (Å²) in [6, 6.07) is 19.4. The SMILES string of the molecule is NCCCNCc1ccc(-n2cc3cc(COc4ccccc4)[nH]c3nc2=O)cc1. The van der Waals surface area contributed by atoms with E-state index < -0.39 is 0 Å². The summed E-state index contributed by atoms with van der Waals surface area (Å²) in [4.78, 5) is 19.9. The Bertz CT molecular complexity index is 1150. The van der Waals surface area contributed by atoms with Gasteiger partial charge in [-0.05, 0) is 55.4 Å². The molecule has 0 aliphatic rings. The Kier molecular flexibility index (Phi) is 6.22. The smallest absolute Gasteiger partial charge is 0.354 e. The average molecular weight is 403 g/mol. The van der Waals surface area contributed by atoms with Crippen LogP contribution in [-0.4, -0.2) is 27.6 Å². The number of ether oxygens (including phenoxy) is 1. The van der Waals surface area contributed by atoms with Gasteiger partial charge in [0.05, 0.1) is 11.4 Å². The third-order valence-electron chi connectivity index (χ3n) is 4.80. The fourth-order valence-corrected chi connectivity index (χ4v) is 3.23. The van der Waals surface area contributed by atoms with Crippen LogP contribution in [0.3, 0.4) is 0 Å². The molecule has 2 aromatic heterocycles. The monoisotopic (exact) mass is 403 g/mol. The van der Waals surface area contributed by atoms with Gasteiger partial charge in [-0.1, -0.05) is 30.3 Å². The fraction of sp³-hybridized carbons (Fsp3) is 0.217. The molecule has 0 saturated carbocycles. The molecular weight excluding hydrogens is 378 g/mol. The Labute approximate surface area is 174 Å². The highest BCUT2D eigenvalue weighted by atomic mass is 16.5. The molecule has 0 aliphatic carbocycles. The van der Waals surface area contributed by atoms with Crippen LogP contribution in [-0.2, 0) is 13.2 Å². The van der Waals surface area contributed by atoms with Crippen LogP contribution in [0.5, 0.6) is 5.75 Å². The summed E-state index contributed by atoms with van der Waals surface area (Å²) in [6.07, 6.45) is 2.76. The summed E-state index contributed by atoms with van der Waals surface area (Å²) in [6.45, 7) is 2.72. The molecule has 0 atom stereocenters. The van der Waals surface area contributed by atoms with Crippen LogP contribution in [0.4, 0.5) is 0 Å². The van der Waals surface area contributed by atoms with Gasteiger partial charge >= 0.3 is 5.69 Å². The largest absolute Gasteiger partial charge is 0.487 e. The minimum absolute atomic E-state index is 0.325. The van der Waals surface area contributed by atoms with E-state index in [0.717, 1.165) is 47.6 Å². The quantitative estimate of drug-likeness (QED) is 0.373. The topological polar surface area (TPSA) is 98.0 Å². The van der Waals surface area contributed by atoms with Crippen molar-refractivity contribution in [2.24, 2.45) is 5.73 Å². The molecule has 0 radical (unpaired) electrons. The summed E-state index contributed by atoms with van der Waals surface area (Å²) >= 11 is 0. The predicted molar refractivity (Wildman–Crippen MR) is 118 cm³/mol. The molecule has 0 bridgehead atoms. The average Bonchev–Trinajstić information content (AvgIpc) is 3.17. The van der Waals surface area contributed by atoms with Crippen molar-refractivity contribution < 1.29 is 4.74 Å². The van der Waals surface area contributed by atoms with Crippen LogP contribution < -0.4 is 21.5 Å². The van der Waals surface area contributed by atoms with Gasteiger partial charge in [0.15, 0.2) is 0 Å². The van der Waals surface area contributed by atoms with Gasteiger partial charge in [0.25, 0.3) is 0 Å². The van der Waals surface area contributed by atoms with Gasteiger partial charge < -0.3 is 20.8 Å².